The Balaban J connectivity index is 0.960. The van der Waals surface area contributed by atoms with Crippen LogP contribution in [-0.4, -0.2) is 0 Å². The van der Waals surface area contributed by atoms with Crippen molar-refractivity contribution >= 4 is 90.9 Å². The lowest BCUT2D eigenvalue weighted by atomic mass is 9.97. The molecule has 2 heterocycles. The Labute approximate surface area is 362 Å². The Morgan fingerprint density at radius 2 is 0.803 bits per heavy atom. The first-order valence-corrected chi connectivity index (χ1v) is 22.4. The molecule has 12 aromatic rings. The summed E-state index contributed by atoms with van der Waals surface area (Å²) in [6.45, 7) is 0. The van der Waals surface area contributed by atoms with Crippen molar-refractivity contribution in [1.29, 1.82) is 0 Å². The molecule has 0 saturated carbocycles. The van der Waals surface area contributed by atoms with Crippen LogP contribution in [0.4, 0.5) is 17.1 Å². The average Bonchev–Trinajstić information content (AvgIpc) is 3.90. The van der Waals surface area contributed by atoms with Gasteiger partial charge < -0.3 is 4.90 Å². The standard InChI is InChI=1S/C58H37NS2/c1-2-11-42-34-44(25-24-38(42)10-1)40-22-20-39(21-23-40)43-12-9-13-48(35-43)59(47-30-26-41(27-31-47)45-28-32-52-50-15-4-7-18-55(50)61-58(52)37-45)54-17-6-3-14-49(54)46-29-33-57-53(36-46)51-16-5-8-19-56(51)60-57/h1-37H. The predicted molar refractivity (Wildman–Crippen MR) is 266 cm³/mol. The van der Waals surface area contributed by atoms with Crippen LogP contribution in [0.25, 0.3) is 95.6 Å². The van der Waals surface area contributed by atoms with Crippen molar-refractivity contribution in [2.24, 2.45) is 0 Å². The predicted octanol–water partition coefficient (Wildman–Crippen LogP) is 17.7. The smallest absolute Gasteiger partial charge is 0.0540 e. The second-order valence-corrected chi connectivity index (χ2v) is 17.9. The third-order valence-electron chi connectivity index (χ3n) is 12.1. The number of fused-ring (bicyclic) bond motifs is 7. The average molecular weight is 812 g/mol. The Hall–Kier alpha value is -7.30. The fourth-order valence-electron chi connectivity index (χ4n) is 8.99. The van der Waals surface area contributed by atoms with Gasteiger partial charge in [0.2, 0.25) is 0 Å². The normalized spacial score (nSPS) is 11.6. The van der Waals surface area contributed by atoms with Gasteiger partial charge >= 0.3 is 0 Å². The molecule has 0 bridgehead atoms. The highest BCUT2D eigenvalue weighted by molar-refractivity contribution is 7.26. The molecule has 286 valence electrons. The van der Waals surface area contributed by atoms with Gasteiger partial charge in [0.1, 0.15) is 0 Å². The first kappa shape index (κ1) is 35.6. The summed E-state index contributed by atoms with van der Waals surface area (Å²) in [4.78, 5) is 2.43. The molecule has 0 saturated heterocycles. The molecule has 2 aromatic heterocycles. The van der Waals surface area contributed by atoms with Gasteiger partial charge in [-0.25, -0.2) is 0 Å². The molecule has 0 aliphatic heterocycles. The van der Waals surface area contributed by atoms with Gasteiger partial charge in [-0.05, 0) is 116 Å². The molecular weight excluding hydrogens is 775 g/mol. The maximum Gasteiger partial charge on any atom is 0.0540 e. The SMILES string of the molecule is c1cc(-c2ccc(-c3ccc4ccccc4c3)cc2)cc(N(c2ccc(-c3ccc4c(c3)sc3ccccc34)cc2)c2ccccc2-c2ccc3sc4ccccc4c3c2)c1. The quantitative estimate of drug-likeness (QED) is 0.155. The molecule has 10 aromatic carbocycles. The van der Waals surface area contributed by atoms with Crippen LogP contribution in [0.3, 0.4) is 0 Å². The zero-order valence-corrected chi connectivity index (χ0v) is 34.8. The first-order chi connectivity index (χ1) is 30.2. The van der Waals surface area contributed by atoms with Crippen LogP contribution in [0.1, 0.15) is 0 Å². The molecule has 0 unspecified atom stereocenters. The maximum atomic E-state index is 2.43. The molecule has 1 nitrogen and oxygen atoms in total. The summed E-state index contributed by atoms with van der Waals surface area (Å²) in [5.74, 6) is 0. The van der Waals surface area contributed by atoms with E-state index in [9.17, 15) is 0 Å². The van der Waals surface area contributed by atoms with E-state index in [0.717, 1.165) is 17.1 Å². The fraction of sp³-hybridized carbons (Fsp3) is 0. The minimum Gasteiger partial charge on any atom is -0.310 e. The van der Waals surface area contributed by atoms with Gasteiger partial charge in [-0.3, -0.25) is 0 Å². The van der Waals surface area contributed by atoms with E-state index in [1.165, 1.54) is 95.6 Å². The molecule has 0 amide bonds. The monoisotopic (exact) mass is 811 g/mol. The molecule has 12 rings (SSSR count). The minimum atomic E-state index is 1.10. The Kier molecular flexibility index (Phi) is 8.62. The van der Waals surface area contributed by atoms with Gasteiger partial charge in [-0.15, -0.1) is 22.7 Å². The highest BCUT2D eigenvalue weighted by Gasteiger charge is 2.19. The number of benzene rings is 10. The minimum absolute atomic E-state index is 1.10. The first-order valence-electron chi connectivity index (χ1n) is 20.7. The molecule has 61 heavy (non-hydrogen) atoms. The molecule has 0 aliphatic carbocycles. The van der Waals surface area contributed by atoms with Gasteiger partial charge in [0.05, 0.1) is 5.69 Å². The molecule has 3 heteroatoms. The third kappa shape index (κ3) is 6.38. The van der Waals surface area contributed by atoms with E-state index in [0.29, 0.717) is 0 Å². The van der Waals surface area contributed by atoms with Gasteiger partial charge in [-0.2, -0.15) is 0 Å². The maximum absolute atomic E-state index is 2.43. The number of hydrogen-bond donors (Lipinski definition) is 0. The zero-order valence-electron chi connectivity index (χ0n) is 33.1. The summed E-state index contributed by atoms with van der Waals surface area (Å²) in [5, 5.41) is 7.77. The van der Waals surface area contributed by atoms with E-state index in [1.54, 1.807) is 0 Å². The number of thiophene rings is 2. The highest BCUT2D eigenvalue weighted by Crippen LogP contribution is 2.45. The van der Waals surface area contributed by atoms with E-state index in [1.807, 2.05) is 22.7 Å². The molecule has 0 atom stereocenters. The lowest BCUT2D eigenvalue weighted by molar-refractivity contribution is 1.28. The highest BCUT2D eigenvalue weighted by atomic mass is 32.1. The molecular formula is C58H37NS2. The second kappa shape index (κ2) is 14.8. The number of hydrogen-bond acceptors (Lipinski definition) is 3. The largest absolute Gasteiger partial charge is 0.310 e. The van der Waals surface area contributed by atoms with E-state index < -0.39 is 0 Å². The number of rotatable bonds is 7. The van der Waals surface area contributed by atoms with Crippen molar-refractivity contribution in [3.63, 3.8) is 0 Å². The molecule has 0 spiro atoms. The van der Waals surface area contributed by atoms with Crippen LogP contribution in [0.15, 0.2) is 224 Å². The fourth-order valence-corrected chi connectivity index (χ4v) is 11.2. The van der Waals surface area contributed by atoms with E-state index >= 15 is 0 Å². The third-order valence-corrected chi connectivity index (χ3v) is 14.4. The van der Waals surface area contributed by atoms with Crippen molar-refractivity contribution in [3.05, 3.63) is 224 Å². The van der Waals surface area contributed by atoms with Crippen LogP contribution < -0.4 is 4.90 Å². The summed E-state index contributed by atoms with van der Waals surface area (Å²) < 4.78 is 5.27. The summed E-state index contributed by atoms with van der Waals surface area (Å²) in [5.41, 5.74) is 12.9. The van der Waals surface area contributed by atoms with Crippen LogP contribution in [0.2, 0.25) is 0 Å². The summed E-state index contributed by atoms with van der Waals surface area (Å²) in [7, 11) is 0. The second-order valence-electron chi connectivity index (χ2n) is 15.7. The number of para-hydroxylation sites is 1. The number of nitrogens with zero attached hydrogens (tertiary/aromatic N) is 1. The lowest BCUT2D eigenvalue weighted by Crippen LogP contribution is -2.11. The number of anilines is 3. The molecule has 0 radical (unpaired) electrons. The summed E-state index contributed by atoms with van der Waals surface area (Å²) in [6.07, 6.45) is 0. The van der Waals surface area contributed by atoms with Crippen LogP contribution in [0.5, 0.6) is 0 Å². The van der Waals surface area contributed by atoms with Gasteiger partial charge in [0.15, 0.2) is 0 Å². The Morgan fingerprint density at radius 3 is 1.59 bits per heavy atom. The van der Waals surface area contributed by atoms with Crippen molar-refractivity contribution in [3.8, 4) is 44.5 Å². The van der Waals surface area contributed by atoms with Crippen LogP contribution in [-0.2, 0) is 0 Å². The Bertz CT molecular complexity index is 3590. The van der Waals surface area contributed by atoms with Gasteiger partial charge in [0.25, 0.3) is 0 Å². The topological polar surface area (TPSA) is 3.24 Å². The van der Waals surface area contributed by atoms with Crippen molar-refractivity contribution < 1.29 is 0 Å². The van der Waals surface area contributed by atoms with E-state index in [-0.39, 0.29) is 0 Å². The summed E-state index contributed by atoms with van der Waals surface area (Å²) in [6, 6.07) is 82.5. The molecule has 0 N–H and O–H groups in total. The van der Waals surface area contributed by atoms with Gasteiger partial charge in [0, 0.05) is 57.3 Å². The Morgan fingerprint density at radius 1 is 0.262 bits per heavy atom. The van der Waals surface area contributed by atoms with Crippen LogP contribution >= 0.6 is 22.7 Å². The van der Waals surface area contributed by atoms with Crippen molar-refractivity contribution in [2.75, 3.05) is 4.90 Å². The van der Waals surface area contributed by atoms with Crippen molar-refractivity contribution in [1.82, 2.24) is 0 Å². The molecule has 0 aliphatic rings. The molecule has 0 fully saturated rings. The zero-order chi connectivity index (χ0) is 40.3. The van der Waals surface area contributed by atoms with Gasteiger partial charge in [-0.1, -0.05) is 158 Å². The lowest BCUT2D eigenvalue weighted by Gasteiger charge is -2.28. The summed E-state index contributed by atoms with van der Waals surface area (Å²) >= 11 is 3.73. The van der Waals surface area contributed by atoms with E-state index in [2.05, 4.69) is 229 Å². The van der Waals surface area contributed by atoms with Crippen molar-refractivity contribution in [2.45, 2.75) is 0 Å². The van der Waals surface area contributed by atoms with Crippen LogP contribution in [0, 0.1) is 0 Å². The van der Waals surface area contributed by atoms with E-state index in [4.69, 9.17) is 0 Å².